The molecule has 0 saturated carbocycles. The molecule has 2 rings (SSSR count). The maximum Gasteiger partial charge on any atom is 0.457 e. The normalized spacial score (nSPS) is 15.8. The first-order valence-electron chi connectivity index (χ1n) is 5.57. The van der Waals surface area contributed by atoms with Crippen molar-refractivity contribution < 1.29 is 27.1 Å². The van der Waals surface area contributed by atoms with E-state index in [2.05, 4.69) is 0 Å². The predicted octanol–water partition coefficient (Wildman–Crippen LogP) is 4.84. The Bertz CT molecular complexity index is 626. The maximum absolute atomic E-state index is 14.0. The first-order chi connectivity index (χ1) is 9.62. The van der Waals surface area contributed by atoms with Crippen LogP contribution in [0.3, 0.4) is 0 Å². The lowest BCUT2D eigenvalue weighted by atomic mass is 9.81. The zero-order valence-electron chi connectivity index (χ0n) is 10.2. The number of aliphatic hydroxyl groups is 1. The van der Waals surface area contributed by atoms with Gasteiger partial charge in [-0.15, -0.1) is 0 Å². The molecular weight excluding hydrogens is 335 g/mol. The zero-order valence-corrected chi connectivity index (χ0v) is 11.7. The van der Waals surface area contributed by atoms with Crippen LogP contribution in [0.25, 0.3) is 0 Å². The molecule has 0 radical (unpaired) electrons. The second-order valence-corrected chi connectivity index (χ2v) is 5.46. The smallest absolute Gasteiger partial charge is 0.374 e. The van der Waals surface area contributed by atoms with Gasteiger partial charge in [0.05, 0.1) is 0 Å². The fourth-order valence-electron chi connectivity index (χ4n) is 1.94. The molecule has 1 aromatic heterocycles. The van der Waals surface area contributed by atoms with E-state index in [1.165, 1.54) is 17.5 Å². The van der Waals surface area contributed by atoms with Crippen molar-refractivity contribution in [1.82, 2.24) is 0 Å². The summed E-state index contributed by atoms with van der Waals surface area (Å²) < 4.78 is 66.3. The van der Waals surface area contributed by atoms with Crippen molar-refractivity contribution in [3.8, 4) is 0 Å². The van der Waals surface area contributed by atoms with Crippen molar-refractivity contribution in [3.63, 3.8) is 0 Å². The zero-order chi connectivity index (χ0) is 15.9. The molecule has 0 saturated heterocycles. The minimum absolute atomic E-state index is 0.380. The van der Waals surface area contributed by atoms with Crippen molar-refractivity contribution in [1.29, 1.82) is 0 Å². The summed E-state index contributed by atoms with van der Waals surface area (Å²) in [5.74, 6) is -5.41. The molecule has 2 aromatic rings. The van der Waals surface area contributed by atoms with E-state index in [4.69, 9.17) is 11.6 Å². The molecule has 114 valence electrons. The number of thiophene rings is 1. The van der Waals surface area contributed by atoms with Gasteiger partial charge in [0.25, 0.3) is 0 Å². The third-order valence-electron chi connectivity index (χ3n) is 3.01. The second-order valence-electron chi connectivity index (χ2n) is 4.27. The summed E-state index contributed by atoms with van der Waals surface area (Å²) in [6.07, 6.45) is -5.94. The summed E-state index contributed by atoms with van der Waals surface area (Å²) in [4.78, 5) is 0. The lowest BCUT2D eigenvalue weighted by Gasteiger charge is -2.37. The lowest BCUT2D eigenvalue weighted by Crippen LogP contribution is -2.55. The molecular formula is C13H8ClF5OS. The van der Waals surface area contributed by atoms with Crippen LogP contribution in [-0.2, 0) is 5.60 Å². The van der Waals surface area contributed by atoms with E-state index in [1.807, 2.05) is 0 Å². The molecule has 0 amide bonds. The summed E-state index contributed by atoms with van der Waals surface area (Å²) in [6, 6.07) is 5.69. The number of alkyl halides is 5. The third-order valence-corrected chi connectivity index (χ3v) is 4.03. The molecule has 1 atom stereocenters. The first kappa shape index (κ1) is 16.2. The largest absolute Gasteiger partial charge is 0.457 e. The van der Waals surface area contributed by atoms with E-state index in [0.29, 0.717) is 0 Å². The molecule has 1 heterocycles. The maximum atomic E-state index is 14.0. The van der Waals surface area contributed by atoms with Gasteiger partial charge in [0, 0.05) is 16.1 Å². The number of halogens is 6. The van der Waals surface area contributed by atoms with E-state index in [-0.39, 0.29) is 5.02 Å². The monoisotopic (exact) mass is 342 g/mol. The van der Waals surface area contributed by atoms with E-state index in [1.54, 1.807) is 0 Å². The van der Waals surface area contributed by atoms with Gasteiger partial charge in [0.1, 0.15) is 0 Å². The third kappa shape index (κ3) is 2.43. The molecule has 1 aromatic carbocycles. The molecule has 0 spiro atoms. The molecule has 1 unspecified atom stereocenters. The van der Waals surface area contributed by atoms with Crippen molar-refractivity contribution >= 4 is 22.9 Å². The highest BCUT2D eigenvalue weighted by molar-refractivity contribution is 7.08. The van der Waals surface area contributed by atoms with E-state index in [0.717, 1.165) is 34.9 Å². The first-order valence-corrected chi connectivity index (χ1v) is 6.89. The summed E-state index contributed by atoms with van der Waals surface area (Å²) in [7, 11) is 0. The molecule has 0 fully saturated rings. The Balaban J connectivity index is 2.77. The molecule has 0 aliphatic rings. The summed E-state index contributed by atoms with van der Waals surface area (Å²) in [5, 5.41) is 12.3. The van der Waals surface area contributed by atoms with Crippen LogP contribution in [0.15, 0.2) is 41.1 Å². The number of rotatable bonds is 3. The Hall–Kier alpha value is -1.18. The average Bonchev–Trinajstić information content (AvgIpc) is 2.91. The molecule has 0 aliphatic carbocycles. The summed E-state index contributed by atoms with van der Waals surface area (Å²) >= 11 is 6.61. The fourth-order valence-corrected chi connectivity index (χ4v) is 2.91. The number of hydrogen-bond donors (Lipinski definition) is 1. The van der Waals surface area contributed by atoms with Gasteiger partial charge in [-0.05, 0) is 22.9 Å². The summed E-state index contributed by atoms with van der Waals surface area (Å²) in [6.45, 7) is 0. The lowest BCUT2D eigenvalue weighted by molar-refractivity contribution is -0.336. The van der Waals surface area contributed by atoms with Crippen LogP contribution in [0.1, 0.15) is 11.1 Å². The molecule has 0 bridgehead atoms. The highest BCUT2D eigenvalue weighted by Gasteiger charge is 2.71. The van der Waals surface area contributed by atoms with Crippen molar-refractivity contribution in [3.05, 3.63) is 57.2 Å². The van der Waals surface area contributed by atoms with Gasteiger partial charge in [-0.3, -0.25) is 0 Å². The van der Waals surface area contributed by atoms with Crippen molar-refractivity contribution in [2.75, 3.05) is 0 Å². The number of hydrogen-bond acceptors (Lipinski definition) is 2. The highest BCUT2D eigenvalue weighted by Crippen LogP contribution is 2.53. The van der Waals surface area contributed by atoms with Gasteiger partial charge in [-0.1, -0.05) is 29.8 Å². The molecule has 0 aliphatic heterocycles. The van der Waals surface area contributed by atoms with Gasteiger partial charge in [0.2, 0.25) is 0 Å². The Kier molecular flexibility index (Phi) is 4.03. The quantitative estimate of drug-likeness (QED) is 0.792. The Morgan fingerprint density at radius 2 is 1.62 bits per heavy atom. The fraction of sp³-hybridized carbons (Fsp3) is 0.231. The number of benzene rings is 1. The minimum atomic E-state index is -5.94. The Labute approximate surface area is 125 Å². The molecule has 8 heteroatoms. The van der Waals surface area contributed by atoms with E-state index < -0.39 is 28.8 Å². The predicted molar refractivity (Wildman–Crippen MR) is 69.8 cm³/mol. The topological polar surface area (TPSA) is 20.2 Å². The van der Waals surface area contributed by atoms with Crippen molar-refractivity contribution in [2.24, 2.45) is 0 Å². The van der Waals surface area contributed by atoms with Gasteiger partial charge < -0.3 is 5.11 Å². The van der Waals surface area contributed by atoms with Crippen LogP contribution >= 0.6 is 22.9 Å². The average molecular weight is 343 g/mol. The van der Waals surface area contributed by atoms with E-state index >= 15 is 0 Å². The second kappa shape index (κ2) is 5.23. The Morgan fingerprint density at radius 3 is 2.10 bits per heavy atom. The SMILES string of the molecule is OC(c1ccsc1)(c1ccccc1Cl)C(F)(F)C(F)(F)F. The van der Waals surface area contributed by atoms with Gasteiger partial charge >= 0.3 is 12.1 Å². The Morgan fingerprint density at radius 1 is 1.00 bits per heavy atom. The molecule has 1 nitrogen and oxygen atoms in total. The van der Waals surface area contributed by atoms with Crippen LogP contribution in [0, 0.1) is 0 Å². The van der Waals surface area contributed by atoms with E-state index in [9.17, 15) is 27.1 Å². The van der Waals surface area contributed by atoms with Crippen LogP contribution in [0.5, 0.6) is 0 Å². The van der Waals surface area contributed by atoms with Crippen LogP contribution in [-0.4, -0.2) is 17.2 Å². The van der Waals surface area contributed by atoms with Gasteiger partial charge in [-0.25, -0.2) is 0 Å². The molecule has 21 heavy (non-hydrogen) atoms. The van der Waals surface area contributed by atoms with Crippen LogP contribution in [0.4, 0.5) is 22.0 Å². The minimum Gasteiger partial charge on any atom is -0.374 e. The van der Waals surface area contributed by atoms with Crippen LogP contribution < -0.4 is 0 Å². The van der Waals surface area contributed by atoms with Gasteiger partial charge in [0.15, 0.2) is 5.60 Å². The van der Waals surface area contributed by atoms with Crippen molar-refractivity contribution in [2.45, 2.75) is 17.7 Å². The standard InChI is InChI=1S/C13H8ClF5OS/c14-10-4-2-1-3-9(10)11(20,8-5-6-21-7-8)12(15,16)13(17,18)19/h1-7,20H. The van der Waals surface area contributed by atoms with Gasteiger partial charge in [-0.2, -0.15) is 33.3 Å². The molecule has 1 N–H and O–H groups in total. The summed E-state index contributed by atoms with van der Waals surface area (Å²) in [5.41, 5.74) is -4.86. The highest BCUT2D eigenvalue weighted by atomic mass is 35.5. The van der Waals surface area contributed by atoms with Crippen LogP contribution in [0.2, 0.25) is 5.02 Å².